The maximum Gasteiger partial charge on any atom is 0.256 e. The maximum absolute atomic E-state index is 12.3. The number of hydrogen-bond donors (Lipinski definition) is 1. The van der Waals surface area contributed by atoms with Crippen molar-refractivity contribution >= 4 is 5.91 Å². The van der Waals surface area contributed by atoms with E-state index in [0.29, 0.717) is 11.5 Å². The largest absolute Gasteiger partial charge is 0.345 e. The number of aryl methyl sites for hydroxylation is 2. The van der Waals surface area contributed by atoms with Crippen LogP contribution in [0.5, 0.6) is 0 Å². The van der Waals surface area contributed by atoms with Crippen LogP contribution < -0.4 is 0 Å². The molecule has 1 aliphatic heterocycles. The Hall–Kier alpha value is -2.15. The van der Waals surface area contributed by atoms with Crippen molar-refractivity contribution in [3.8, 4) is 0 Å². The molecule has 7 nitrogen and oxygen atoms in total. The van der Waals surface area contributed by atoms with E-state index in [-0.39, 0.29) is 5.91 Å². The van der Waals surface area contributed by atoms with Crippen LogP contribution in [0.4, 0.5) is 0 Å². The summed E-state index contributed by atoms with van der Waals surface area (Å²) in [4.78, 5) is 16.3. The number of nitrogens with one attached hydrogen (secondary N) is 1. The molecule has 0 aliphatic carbocycles. The number of likely N-dealkylation sites (tertiary alicyclic amines) is 1. The van der Waals surface area contributed by atoms with Crippen molar-refractivity contribution in [1.29, 1.82) is 0 Å². The van der Waals surface area contributed by atoms with Gasteiger partial charge in [-0.3, -0.25) is 19.5 Å². The lowest BCUT2D eigenvalue weighted by atomic mass is 10.0. The number of nitrogens with zero attached hydrogens (tertiary/aromatic N) is 5. The molecule has 1 saturated heterocycles. The first-order chi connectivity index (χ1) is 11.5. The number of carbonyl (C=O) groups excluding carboxylic acids is 1. The number of rotatable bonds is 5. The van der Waals surface area contributed by atoms with E-state index in [9.17, 15) is 4.79 Å². The zero-order valence-corrected chi connectivity index (χ0v) is 14.9. The lowest BCUT2D eigenvalue weighted by Gasteiger charge is -2.16. The Morgan fingerprint density at radius 1 is 1.46 bits per heavy atom. The van der Waals surface area contributed by atoms with Gasteiger partial charge in [-0.25, -0.2) is 0 Å². The molecule has 0 aromatic carbocycles. The average Bonchev–Trinajstić information content (AvgIpc) is 3.26. The monoisotopic (exact) mass is 330 g/mol. The second kappa shape index (κ2) is 6.76. The topological polar surface area (TPSA) is 70.1 Å². The highest BCUT2D eigenvalue weighted by atomic mass is 16.2. The molecular weight excluding hydrogens is 304 g/mol. The Balaban J connectivity index is 1.69. The summed E-state index contributed by atoms with van der Waals surface area (Å²) in [6, 6.07) is 0. The van der Waals surface area contributed by atoms with Gasteiger partial charge in [0.1, 0.15) is 0 Å². The Morgan fingerprint density at radius 3 is 2.92 bits per heavy atom. The first-order valence-electron chi connectivity index (χ1n) is 8.49. The standard InChI is InChI=1S/C17H26N6O/c1-5-23-11-14(12(2)20-23)10-22-7-6-13(9-22)16-15(8-18-19-16)17(24)21(3)4/h8,11,13H,5-7,9-10H2,1-4H3,(H,18,19). The van der Waals surface area contributed by atoms with Crippen LogP contribution in [0.3, 0.4) is 0 Å². The second-order valence-electron chi connectivity index (χ2n) is 6.71. The van der Waals surface area contributed by atoms with Crippen molar-refractivity contribution in [2.45, 2.75) is 39.3 Å². The fourth-order valence-electron chi connectivity index (χ4n) is 3.35. The third-order valence-corrected chi connectivity index (χ3v) is 4.75. The van der Waals surface area contributed by atoms with Crippen LogP contribution in [0, 0.1) is 6.92 Å². The van der Waals surface area contributed by atoms with Gasteiger partial charge >= 0.3 is 0 Å². The lowest BCUT2D eigenvalue weighted by Crippen LogP contribution is -2.24. The highest BCUT2D eigenvalue weighted by Gasteiger charge is 2.29. The SMILES string of the molecule is CCn1cc(CN2CCC(c3[nH]ncc3C(=O)N(C)C)C2)c(C)n1. The Bertz CT molecular complexity index is 716. The highest BCUT2D eigenvalue weighted by Crippen LogP contribution is 2.29. The Kier molecular flexibility index (Phi) is 4.71. The van der Waals surface area contributed by atoms with E-state index in [1.165, 1.54) is 5.56 Å². The fraction of sp³-hybridized carbons (Fsp3) is 0.588. The number of amides is 1. The van der Waals surface area contributed by atoms with E-state index >= 15 is 0 Å². The number of carbonyl (C=O) groups is 1. The predicted octanol–water partition coefficient (Wildman–Crippen LogP) is 1.63. The quantitative estimate of drug-likeness (QED) is 0.904. The van der Waals surface area contributed by atoms with Gasteiger partial charge in [0, 0.05) is 51.4 Å². The average molecular weight is 330 g/mol. The second-order valence-corrected chi connectivity index (χ2v) is 6.71. The van der Waals surface area contributed by atoms with Gasteiger partial charge in [-0.05, 0) is 26.8 Å². The molecule has 130 valence electrons. The minimum absolute atomic E-state index is 0.0114. The molecule has 2 aromatic heterocycles. The molecule has 3 heterocycles. The maximum atomic E-state index is 12.3. The molecule has 3 rings (SSSR count). The molecule has 0 bridgehead atoms. The van der Waals surface area contributed by atoms with Crippen LogP contribution in [0.15, 0.2) is 12.4 Å². The van der Waals surface area contributed by atoms with Crippen LogP contribution in [-0.4, -0.2) is 62.9 Å². The van der Waals surface area contributed by atoms with E-state index in [1.54, 1.807) is 25.2 Å². The van der Waals surface area contributed by atoms with Crippen LogP contribution in [-0.2, 0) is 13.1 Å². The van der Waals surface area contributed by atoms with Gasteiger partial charge in [0.25, 0.3) is 5.91 Å². The van der Waals surface area contributed by atoms with Crippen LogP contribution in [0.1, 0.15) is 46.6 Å². The Labute approximate surface area is 142 Å². The third-order valence-electron chi connectivity index (χ3n) is 4.75. The van der Waals surface area contributed by atoms with Crippen molar-refractivity contribution in [1.82, 2.24) is 29.8 Å². The molecule has 0 saturated carbocycles. The zero-order valence-electron chi connectivity index (χ0n) is 14.9. The van der Waals surface area contributed by atoms with Gasteiger partial charge in [0.15, 0.2) is 0 Å². The van der Waals surface area contributed by atoms with Crippen molar-refractivity contribution in [2.75, 3.05) is 27.2 Å². The van der Waals surface area contributed by atoms with Crippen LogP contribution in [0.2, 0.25) is 0 Å². The molecule has 1 amide bonds. The van der Waals surface area contributed by atoms with E-state index in [1.807, 2.05) is 4.68 Å². The van der Waals surface area contributed by atoms with E-state index in [4.69, 9.17) is 0 Å². The third kappa shape index (κ3) is 3.21. The highest BCUT2D eigenvalue weighted by molar-refractivity contribution is 5.94. The van der Waals surface area contributed by atoms with Gasteiger partial charge in [-0.1, -0.05) is 0 Å². The summed E-state index contributed by atoms with van der Waals surface area (Å²) in [6.45, 7) is 7.94. The molecule has 1 N–H and O–H groups in total. The molecule has 1 fully saturated rings. The normalized spacial score (nSPS) is 18.2. The van der Waals surface area contributed by atoms with Crippen molar-refractivity contribution in [3.05, 3.63) is 34.9 Å². The van der Waals surface area contributed by atoms with Crippen LogP contribution in [0.25, 0.3) is 0 Å². The summed E-state index contributed by atoms with van der Waals surface area (Å²) in [5, 5.41) is 11.7. The van der Waals surface area contributed by atoms with Crippen molar-refractivity contribution < 1.29 is 4.79 Å². The number of aromatic nitrogens is 4. The molecular formula is C17H26N6O. The number of hydrogen-bond acceptors (Lipinski definition) is 4. The van der Waals surface area contributed by atoms with E-state index in [2.05, 4.69) is 40.2 Å². The molecule has 0 spiro atoms. The zero-order chi connectivity index (χ0) is 17.3. The molecule has 7 heteroatoms. The number of H-pyrrole nitrogens is 1. The summed E-state index contributed by atoms with van der Waals surface area (Å²) in [5.74, 6) is 0.338. The summed E-state index contributed by atoms with van der Waals surface area (Å²) in [7, 11) is 3.54. The fourth-order valence-corrected chi connectivity index (χ4v) is 3.35. The lowest BCUT2D eigenvalue weighted by molar-refractivity contribution is 0.0826. The summed E-state index contributed by atoms with van der Waals surface area (Å²) < 4.78 is 1.99. The van der Waals surface area contributed by atoms with Crippen molar-refractivity contribution in [3.63, 3.8) is 0 Å². The molecule has 1 unspecified atom stereocenters. The van der Waals surface area contributed by atoms with Crippen molar-refractivity contribution in [2.24, 2.45) is 0 Å². The van der Waals surface area contributed by atoms with Gasteiger partial charge in [-0.15, -0.1) is 0 Å². The van der Waals surface area contributed by atoms with Crippen LogP contribution >= 0.6 is 0 Å². The van der Waals surface area contributed by atoms with Gasteiger partial charge < -0.3 is 4.90 Å². The molecule has 1 aliphatic rings. The van der Waals surface area contributed by atoms with E-state index in [0.717, 1.165) is 44.0 Å². The molecule has 1 atom stereocenters. The summed E-state index contributed by atoms with van der Waals surface area (Å²) in [5.41, 5.74) is 4.05. The van der Waals surface area contributed by atoms with Gasteiger partial charge in [0.05, 0.1) is 23.1 Å². The van der Waals surface area contributed by atoms with Gasteiger partial charge in [0.2, 0.25) is 0 Å². The molecule has 0 radical (unpaired) electrons. The molecule has 24 heavy (non-hydrogen) atoms. The molecule has 2 aromatic rings. The van der Waals surface area contributed by atoms with Gasteiger partial charge in [-0.2, -0.15) is 10.2 Å². The number of aromatic amines is 1. The smallest absolute Gasteiger partial charge is 0.256 e. The first-order valence-corrected chi connectivity index (χ1v) is 8.49. The predicted molar refractivity (Wildman–Crippen MR) is 91.9 cm³/mol. The van der Waals surface area contributed by atoms with E-state index < -0.39 is 0 Å². The summed E-state index contributed by atoms with van der Waals surface area (Å²) in [6.07, 6.45) is 4.83. The minimum atomic E-state index is 0.0114. The summed E-state index contributed by atoms with van der Waals surface area (Å²) >= 11 is 0. The first kappa shape index (κ1) is 16.7. The minimum Gasteiger partial charge on any atom is -0.345 e. The Morgan fingerprint density at radius 2 is 2.25 bits per heavy atom.